The molecule has 1 saturated carbocycles. The lowest BCUT2D eigenvalue weighted by atomic mass is 9.69. The van der Waals surface area contributed by atoms with E-state index in [1.54, 1.807) is 0 Å². The highest BCUT2D eigenvalue weighted by molar-refractivity contribution is 4.82. The Morgan fingerprint density at radius 3 is 2.33 bits per heavy atom. The van der Waals surface area contributed by atoms with Gasteiger partial charge in [0.05, 0.1) is 0 Å². The summed E-state index contributed by atoms with van der Waals surface area (Å²) in [5, 5.41) is 3.41. The maximum atomic E-state index is 3.41. The largest absolute Gasteiger partial charge is 0.319 e. The van der Waals surface area contributed by atoms with Crippen LogP contribution >= 0.6 is 0 Å². The van der Waals surface area contributed by atoms with Crippen LogP contribution in [-0.2, 0) is 0 Å². The molecule has 0 aromatic rings. The number of rotatable bonds is 7. The van der Waals surface area contributed by atoms with Gasteiger partial charge in [0.2, 0.25) is 0 Å². The second kappa shape index (κ2) is 8.19. The van der Waals surface area contributed by atoms with Crippen LogP contribution in [0.2, 0.25) is 0 Å². The normalized spacial score (nSPS) is 29.2. The van der Waals surface area contributed by atoms with E-state index in [2.05, 4.69) is 40.1 Å². The monoisotopic (exact) mass is 253 g/mol. The predicted molar refractivity (Wildman–Crippen MR) is 81.8 cm³/mol. The first kappa shape index (κ1) is 16.0. The summed E-state index contributed by atoms with van der Waals surface area (Å²) in [5.41, 5.74) is 0. The Balaban J connectivity index is 2.44. The van der Waals surface area contributed by atoms with E-state index >= 15 is 0 Å². The van der Waals surface area contributed by atoms with E-state index in [9.17, 15) is 0 Å². The first-order chi connectivity index (χ1) is 8.54. The lowest BCUT2D eigenvalue weighted by Crippen LogP contribution is -2.33. The van der Waals surface area contributed by atoms with Crippen LogP contribution in [0.5, 0.6) is 0 Å². The molecule has 0 spiro atoms. The van der Waals surface area contributed by atoms with Crippen molar-refractivity contribution in [3.63, 3.8) is 0 Å². The third-order valence-corrected chi connectivity index (χ3v) is 4.95. The molecule has 0 radical (unpaired) electrons. The van der Waals surface area contributed by atoms with Gasteiger partial charge < -0.3 is 5.32 Å². The highest BCUT2D eigenvalue weighted by atomic mass is 14.8. The lowest BCUT2D eigenvalue weighted by molar-refractivity contribution is 0.136. The molecule has 3 unspecified atom stereocenters. The van der Waals surface area contributed by atoms with E-state index in [0.717, 1.165) is 29.6 Å². The third kappa shape index (κ3) is 5.30. The van der Waals surface area contributed by atoms with Crippen LogP contribution in [0, 0.1) is 29.6 Å². The summed E-state index contributed by atoms with van der Waals surface area (Å²) in [5.74, 6) is 4.67. The van der Waals surface area contributed by atoms with Crippen LogP contribution in [0.1, 0.15) is 66.2 Å². The minimum atomic E-state index is 0.872. The van der Waals surface area contributed by atoms with Crippen molar-refractivity contribution in [3.05, 3.63) is 0 Å². The third-order valence-electron chi connectivity index (χ3n) is 4.95. The molecule has 1 fully saturated rings. The summed E-state index contributed by atoms with van der Waals surface area (Å²) in [6.45, 7) is 10.8. The van der Waals surface area contributed by atoms with Crippen LogP contribution in [0.4, 0.5) is 0 Å². The second-order valence-corrected chi connectivity index (χ2v) is 7.22. The Bertz CT molecular complexity index is 210. The topological polar surface area (TPSA) is 12.0 Å². The highest BCUT2D eigenvalue weighted by Crippen LogP contribution is 2.39. The zero-order valence-corrected chi connectivity index (χ0v) is 13.3. The van der Waals surface area contributed by atoms with Crippen molar-refractivity contribution in [3.8, 4) is 0 Å². The molecule has 1 heteroatoms. The van der Waals surface area contributed by atoms with Crippen molar-refractivity contribution >= 4 is 0 Å². The van der Waals surface area contributed by atoms with Crippen LogP contribution in [0.25, 0.3) is 0 Å². The Kier molecular flexibility index (Phi) is 7.29. The fourth-order valence-corrected chi connectivity index (χ4v) is 3.64. The molecule has 18 heavy (non-hydrogen) atoms. The van der Waals surface area contributed by atoms with Gasteiger partial charge in [-0.25, -0.2) is 0 Å². The zero-order chi connectivity index (χ0) is 13.5. The molecule has 1 N–H and O–H groups in total. The Morgan fingerprint density at radius 1 is 1.06 bits per heavy atom. The Labute approximate surface area is 115 Å². The van der Waals surface area contributed by atoms with E-state index in [1.165, 1.54) is 45.1 Å². The summed E-state index contributed by atoms with van der Waals surface area (Å²) in [6, 6.07) is 0. The maximum Gasteiger partial charge on any atom is -0.00209 e. The van der Waals surface area contributed by atoms with Crippen molar-refractivity contribution in [1.82, 2.24) is 5.32 Å². The number of hydrogen-bond donors (Lipinski definition) is 1. The van der Waals surface area contributed by atoms with Crippen LogP contribution in [-0.4, -0.2) is 13.6 Å². The molecule has 0 amide bonds. The van der Waals surface area contributed by atoms with E-state index in [0.29, 0.717) is 0 Å². The van der Waals surface area contributed by atoms with Gasteiger partial charge in [-0.05, 0) is 62.4 Å². The van der Waals surface area contributed by atoms with Gasteiger partial charge in [-0.15, -0.1) is 0 Å². The summed E-state index contributed by atoms with van der Waals surface area (Å²) in [6.07, 6.45) is 8.72. The Hall–Kier alpha value is -0.0400. The summed E-state index contributed by atoms with van der Waals surface area (Å²) in [7, 11) is 2.11. The van der Waals surface area contributed by atoms with Crippen molar-refractivity contribution < 1.29 is 0 Å². The van der Waals surface area contributed by atoms with Gasteiger partial charge >= 0.3 is 0 Å². The smallest absolute Gasteiger partial charge is 0.00209 e. The molecule has 3 atom stereocenters. The van der Waals surface area contributed by atoms with E-state index in [-0.39, 0.29) is 0 Å². The van der Waals surface area contributed by atoms with E-state index in [1.807, 2.05) is 0 Å². The van der Waals surface area contributed by atoms with Crippen LogP contribution in [0.3, 0.4) is 0 Å². The summed E-state index contributed by atoms with van der Waals surface area (Å²) in [4.78, 5) is 0. The van der Waals surface area contributed by atoms with Gasteiger partial charge in [-0.2, -0.15) is 0 Å². The fourth-order valence-electron chi connectivity index (χ4n) is 3.64. The standard InChI is InChI=1S/C17H35N/c1-13(2)7-6-8-16-11-15(14(3)4)9-10-17(16)12-18-5/h13-18H,6-12H2,1-5H3. The molecule has 0 heterocycles. The quantitative estimate of drug-likeness (QED) is 0.692. The Morgan fingerprint density at radius 2 is 1.78 bits per heavy atom. The summed E-state index contributed by atoms with van der Waals surface area (Å²) >= 11 is 0. The van der Waals surface area contributed by atoms with Gasteiger partial charge in [0, 0.05) is 0 Å². The van der Waals surface area contributed by atoms with Gasteiger partial charge in [0.15, 0.2) is 0 Å². The highest BCUT2D eigenvalue weighted by Gasteiger charge is 2.30. The van der Waals surface area contributed by atoms with Gasteiger partial charge in [-0.1, -0.05) is 47.0 Å². The zero-order valence-electron chi connectivity index (χ0n) is 13.3. The van der Waals surface area contributed by atoms with Crippen molar-refractivity contribution in [1.29, 1.82) is 0 Å². The number of nitrogens with one attached hydrogen (secondary N) is 1. The van der Waals surface area contributed by atoms with Gasteiger partial charge in [-0.3, -0.25) is 0 Å². The number of hydrogen-bond acceptors (Lipinski definition) is 1. The van der Waals surface area contributed by atoms with Crippen molar-refractivity contribution in [2.45, 2.75) is 66.2 Å². The molecule has 1 rings (SSSR count). The van der Waals surface area contributed by atoms with Crippen molar-refractivity contribution in [2.24, 2.45) is 29.6 Å². The van der Waals surface area contributed by atoms with E-state index in [4.69, 9.17) is 0 Å². The second-order valence-electron chi connectivity index (χ2n) is 7.22. The van der Waals surface area contributed by atoms with E-state index < -0.39 is 0 Å². The first-order valence-corrected chi connectivity index (χ1v) is 8.19. The van der Waals surface area contributed by atoms with Crippen LogP contribution < -0.4 is 5.32 Å². The lowest BCUT2D eigenvalue weighted by Gasteiger charge is -2.38. The fraction of sp³-hybridized carbons (Fsp3) is 1.00. The molecule has 0 aromatic heterocycles. The summed E-state index contributed by atoms with van der Waals surface area (Å²) < 4.78 is 0. The molecule has 0 saturated heterocycles. The average Bonchev–Trinajstić information content (AvgIpc) is 2.30. The molecule has 1 nitrogen and oxygen atoms in total. The van der Waals surface area contributed by atoms with Crippen molar-refractivity contribution in [2.75, 3.05) is 13.6 Å². The SMILES string of the molecule is CNCC1CCC(C(C)C)CC1CCCC(C)C. The molecule has 1 aliphatic rings. The predicted octanol–water partition coefficient (Wildman–Crippen LogP) is 4.72. The molecule has 0 aliphatic heterocycles. The molecular formula is C17H35N. The molecule has 108 valence electrons. The molecule has 1 aliphatic carbocycles. The minimum Gasteiger partial charge on any atom is -0.319 e. The average molecular weight is 253 g/mol. The molecule has 0 bridgehead atoms. The first-order valence-electron chi connectivity index (χ1n) is 8.19. The molecule has 0 aromatic carbocycles. The maximum absolute atomic E-state index is 3.41. The van der Waals surface area contributed by atoms with Crippen LogP contribution in [0.15, 0.2) is 0 Å². The molecular weight excluding hydrogens is 218 g/mol. The minimum absolute atomic E-state index is 0.872. The van der Waals surface area contributed by atoms with Gasteiger partial charge in [0.25, 0.3) is 0 Å². The van der Waals surface area contributed by atoms with Gasteiger partial charge in [0.1, 0.15) is 0 Å².